The Morgan fingerprint density at radius 3 is 2.56 bits per heavy atom. The third-order valence-electron chi connectivity index (χ3n) is 4.73. The quantitative estimate of drug-likeness (QED) is 0.788. The highest BCUT2D eigenvalue weighted by Crippen LogP contribution is 2.31. The van der Waals surface area contributed by atoms with Gasteiger partial charge in [-0.1, -0.05) is 6.07 Å². The molecule has 4 rings (SSSR count). The van der Waals surface area contributed by atoms with Gasteiger partial charge in [0.25, 0.3) is 0 Å². The van der Waals surface area contributed by atoms with Crippen LogP contribution in [0.15, 0.2) is 30.1 Å². The second kappa shape index (κ2) is 6.31. The molecule has 0 atom stereocenters. The van der Waals surface area contributed by atoms with Crippen molar-refractivity contribution in [2.75, 3.05) is 24.6 Å². The summed E-state index contributed by atoms with van der Waals surface area (Å²) >= 11 is 0. The lowest BCUT2D eigenvalue weighted by atomic mass is 9.94. The number of fused-ring (bicyclic) bond motifs is 1. The number of hydrogen-bond donors (Lipinski definition) is 0. The number of carbonyl (C=O) groups is 1. The Balaban J connectivity index is 1.60. The summed E-state index contributed by atoms with van der Waals surface area (Å²) in [6, 6.07) is 3.93. The van der Waals surface area contributed by atoms with Crippen LogP contribution in [0.4, 0.5) is 5.95 Å². The lowest BCUT2D eigenvalue weighted by Gasteiger charge is -2.21. The first-order chi connectivity index (χ1) is 12.1. The number of Topliss-reactive ketones (excluding diaryl/α,β-unsaturated/α-hetero) is 1. The van der Waals surface area contributed by atoms with Crippen molar-refractivity contribution in [2.45, 2.75) is 26.7 Å². The largest absolute Gasteiger partial charge is 0.488 e. The zero-order valence-corrected chi connectivity index (χ0v) is 14.6. The van der Waals surface area contributed by atoms with Crippen molar-refractivity contribution in [3.05, 3.63) is 52.4 Å². The Hall–Kier alpha value is -2.69. The monoisotopic (exact) mass is 335 g/mol. The van der Waals surface area contributed by atoms with E-state index in [1.54, 1.807) is 12.4 Å². The van der Waals surface area contributed by atoms with Crippen LogP contribution in [0.5, 0.6) is 5.75 Å². The van der Waals surface area contributed by atoms with Gasteiger partial charge in [0, 0.05) is 36.6 Å². The van der Waals surface area contributed by atoms with E-state index >= 15 is 0 Å². The van der Waals surface area contributed by atoms with E-state index in [9.17, 15) is 4.79 Å². The Labute approximate surface area is 147 Å². The number of nitrogens with zero attached hydrogens (tertiary/aromatic N) is 3. The van der Waals surface area contributed by atoms with Crippen LogP contribution in [0.2, 0.25) is 0 Å². The van der Waals surface area contributed by atoms with E-state index in [-0.39, 0.29) is 12.4 Å². The van der Waals surface area contributed by atoms with E-state index in [0.717, 1.165) is 35.7 Å². The minimum atomic E-state index is 0.0300. The summed E-state index contributed by atoms with van der Waals surface area (Å²) in [7, 11) is 0. The van der Waals surface area contributed by atoms with Crippen LogP contribution in [0, 0.1) is 13.8 Å². The van der Waals surface area contributed by atoms with Crippen LogP contribution in [0.1, 0.15) is 39.9 Å². The minimum absolute atomic E-state index is 0.0300. The van der Waals surface area contributed by atoms with Crippen LogP contribution < -0.4 is 9.64 Å². The molecule has 1 aromatic carbocycles. The van der Waals surface area contributed by atoms with Gasteiger partial charge in [0.05, 0.1) is 5.56 Å². The smallest absolute Gasteiger partial charge is 0.225 e. The summed E-state index contributed by atoms with van der Waals surface area (Å²) in [6.07, 6.45) is 7.77. The third kappa shape index (κ3) is 3.02. The number of aromatic nitrogens is 2. The predicted octanol–water partition coefficient (Wildman–Crippen LogP) is 3.35. The third-order valence-corrected chi connectivity index (χ3v) is 4.73. The molecule has 0 radical (unpaired) electrons. The summed E-state index contributed by atoms with van der Waals surface area (Å²) in [5.74, 6) is 1.48. The van der Waals surface area contributed by atoms with E-state index in [1.807, 2.05) is 32.1 Å². The van der Waals surface area contributed by atoms with Crippen molar-refractivity contribution in [3.8, 4) is 5.75 Å². The van der Waals surface area contributed by atoms with Crippen molar-refractivity contribution < 1.29 is 9.53 Å². The molecule has 2 aromatic rings. The summed E-state index contributed by atoms with van der Waals surface area (Å²) in [5.41, 5.74) is 4.17. The van der Waals surface area contributed by atoms with Gasteiger partial charge in [-0.15, -0.1) is 0 Å². The number of anilines is 1. The molecule has 5 nitrogen and oxygen atoms in total. The normalized spacial score (nSPS) is 18.4. The van der Waals surface area contributed by atoms with E-state index < -0.39 is 0 Å². The van der Waals surface area contributed by atoms with Crippen LogP contribution in [0.25, 0.3) is 6.08 Å². The van der Waals surface area contributed by atoms with Gasteiger partial charge in [-0.05, 0) is 50.0 Å². The average molecular weight is 335 g/mol. The second-order valence-corrected chi connectivity index (χ2v) is 6.75. The molecule has 128 valence electrons. The van der Waals surface area contributed by atoms with Crippen molar-refractivity contribution in [3.63, 3.8) is 0 Å². The zero-order valence-electron chi connectivity index (χ0n) is 14.6. The molecule has 1 aromatic heterocycles. The number of ketones is 1. The zero-order chi connectivity index (χ0) is 17.4. The Kier molecular flexibility index (Phi) is 3.99. The summed E-state index contributed by atoms with van der Waals surface area (Å²) < 4.78 is 5.81. The van der Waals surface area contributed by atoms with Crippen molar-refractivity contribution >= 4 is 17.8 Å². The molecule has 1 saturated heterocycles. The van der Waals surface area contributed by atoms with Gasteiger partial charge < -0.3 is 9.64 Å². The first kappa shape index (κ1) is 15.8. The fourth-order valence-electron chi connectivity index (χ4n) is 3.51. The fourth-order valence-corrected chi connectivity index (χ4v) is 3.51. The molecule has 0 unspecified atom stereocenters. The Morgan fingerprint density at radius 1 is 1.12 bits per heavy atom. The maximum atomic E-state index is 12.8. The highest BCUT2D eigenvalue weighted by atomic mass is 16.5. The van der Waals surface area contributed by atoms with Crippen LogP contribution in [0.3, 0.4) is 0 Å². The molecule has 5 heteroatoms. The SMILES string of the molecule is Cc1cc(C)c2c(c1)OCC(=Cc1cnc(N3CCCC3)nc1)C2=O. The molecular formula is C20H21N3O2. The number of benzene rings is 1. The molecule has 0 N–H and O–H groups in total. The predicted molar refractivity (Wildman–Crippen MR) is 97.2 cm³/mol. The molecule has 2 aliphatic rings. The van der Waals surface area contributed by atoms with Gasteiger partial charge in [-0.3, -0.25) is 4.79 Å². The van der Waals surface area contributed by atoms with Gasteiger partial charge in [0.2, 0.25) is 5.95 Å². The van der Waals surface area contributed by atoms with E-state index in [0.29, 0.717) is 16.9 Å². The fraction of sp³-hybridized carbons (Fsp3) is 0.350. The topological polar surface area (TPSA) is 55.3 Å². The highest BCUT2D eigenvalue weighted by Gasteiger charge is 2.25. The summed E-state index contributed by atoms with van der Waals surface area (Å²) in [6.45, 7) is 6.27. The second-order valence-electron chi connectivity index (χ2n) is 6.75. The van der Waals surface area contributed by atoms with Crippen LogP contribution in [-0.4, -0.2) is 35.4 Å². The van der Waals surface area contributed by atoms with Crippen LogP contribution in [-0.2, 0) is 0 Å². The molecule has 0 amide bonds. The minimum Gasteiger partial charge on any atom is -0.488 e. The van der Waals surface area contributed by atoms with Crippen molar-refractivity contribution in [1.82, 2.24) is 9.97 Å². The Morgan fingerprint density at radius 2 is 1.84 bits per heavy atom. The standard InChI is InChI=1S/C20H21N3O2/c1-13-7-14(2)18-17(8-13)25-12-16(19(18)24)9-15-10-21-20(22-11-15)23-5-3-4-6-23/h7-11H,3-6,12H2,1-2H3. The van der Waals surface area contributed by atoms with Crippen LogP contribution >= 0.6 is 0 Å². The number of carbonyl (C=O) groups excluding carboxylic acids is 1. The van der Waals surface area contributed by atoms with Gasteiger partial charge >= 0.3 is 0 Å². The molecule has 1 fully saturated rings. The van der Waals surface area contributed by atoms with Crippen molar-refractivity contribution in [2.24, 2.45) is 0 Å². The van der Waals surface area contributed by atoms with E-state index in [1.165, 1.54) is 12.8 Å². The Bertz CT molecular complexity index is 850. The lowest BCUT2D eigenvalue weighted by Crippen LogP contribution is -2.21. The first-order valence-electron chi connectivity index (χ1n) is 8.68. The molecule has 0 aliphatic carbocycles. The van der Waals surface area contributed by atoms with E-state index in [4.69, 9.17) is 4.74 Å². The van der Waals surface area contributed by atoms with E-state index in [2.05, 4.69) is 14.9 Å². The number of aryl methyl sites for hydroxylation is 2. The van der Waals surface area contributed by atoms with Gasteiger partial charge in [-0.25, -0.2) is 9.97 Å². The molecule has 0 spiro atoms. The highest BCUT2D eigenvalue weighted by molar-refractivity contribution is 6.14. The number of rotatable bonds is 2. The molecule has 3 heterocycles. The number of hydrogen-bond acceptors (Lipinski definition) is 5. The molecule has 25 heavy (non-hydrogen) atoms. The molecule has 0 bridgehead atoms. The first-order valence-corrected chi connectivity index (χ1v) is 8.68. The summed E-state index contributed by atoms with van der Waals surface area (Å²) in [4.78, 5) is 23.9. The molecule has 0 saturated carbocycles. The maximum absolute atomic E-state index is 12.8. The average Bonchev–Trinajstić information content (AvgIpc) is 3.12. The van der Waals surface area contributed by atoms with Gasteiger partial charge in [-0.2, -0.15) is 0 Å². The lowest BCUT2D eigenvalue weighted by molar-refractivity contribution is 0.1000. The molecule has 2 aliphatic heterocycles. The molecular weight excluding hydrogens is 314 g/mol. The van der Waals surface area contributed by atoms with Crippen molar-refractivity contribution in [1.29, 1.82) is 0 Å². The van der Waals surface area contributed by atoms with Gasteiger partial charge in [0.15, 0.2) is 5.78 Å². The van der Waals surface area contributed by atoms with Gasteiger partial charge in [0.1, 0.15) is 12.4 Å². The number of ether oxygens (including phenoxy) is 1. The maximum Gasteiger partial charge on any atom is 0.225 e. The summed E-state index contributed by atoms with van der Waals surface area (Å²) in [5, 5.41) is 0.